The molecule has 0 amide bonds. The van der Waals surface area contributed by atoms with Crippen LogP contribution in [0.25, 0.3) is 0 Å². The average molecular weight is 359 g/mol. The zero-order valence-corrected chi connectivity index (χ0v) is 15.1. The maximum Gasteiger partial charge on any atom is 0.231 e. The van der Waals surface area contributed by atoms with Gasteiger partial charge in [0.2, 0.25) is 11.9 Å². The Hall–Kier alpha value is -3.22. The van der Waals surface area contributed by atoms with Crippen molar-refractivity contribution >= 4 is 23.4 Å². The molecular formula is C20H21N7. The molecule has 27 heavy (non-hydrogen) atoms. The van der Waals surface area contributed by atoms with Gasteiger partial charge in [-0.15, -0.1) is 0 Å². The van der Waals surface area contributed by atoms with E-state index >= 15 is 0 Å². The minimum absolute atomic E-state index is 0.784. The molecule has 0 bridgehead atoms. The fourth-order valence-corrected chi connectivity index (χ4v) is 3.78. The maximum atomic E-state index is 4.87. The Morgan fingerprint density at radius 3 is 2.26 bits per heavy atom. The number of anilines is 4. The summed E-state index contributed by atoms with van der Waals surface area (Å²) >= 11 is 0. The molecule has 1 saturated heterocycles. The van der Waals surface area contributed by atoms with Gasteiger partial charge >= 0.3 is 0 Å². The first-order valence-corrected chi connectivity index (χ1v) is 9.34. The minimum atomic E-state index is 0.784. The molecule has 136 valence electrons. The van der Waals surface area contributed by atoms with E-state index in [1.165, 1.54) is 11.3 Å². The first kappa shape index (κ1) is 16.0. The molecule has 7 nitrogen and oxygen atoms in total. The van der Waals surface area contributed by atoms with Crippen LogP contribution in [0.5, 0.6) is 0 Å². The summed E-state index contributed by atoms with van der Waals surface area (Å²) in [6.07, 6.45) is 6.49. The van der Waals surface area contributed by atoms with Crippen LogP contribution in [0.1, 0.15) is 5.56 Å². The van der Waals surface area contributed by atoms with E-state index in [1.54, 1.807) is 12.4 Å². The van der Waals surface area contributed by atoms with E-state index in [1.807, 2.05) is 18.3 Å². The maximum absolute atomic E-state index is 4.87. The second-order valence-corrected chi connectivity index (χ2v) is 6.77. The third-order valence-corrected chi connectivity index (χ3v) is 5.20. The normalized spacial score (nSPS) is 16.5. The number of aromatic nitrogens is 4. The fourth-order valence-electron chi connectivity index (χ4n) is 3.78. The van der Waals surface area contributed by atoms with Crippen molar-refractivity contribution in [3.63, 3.8) is 0 Å². The summed E-state index contributed by atoms with van der Waals surface area (Å²) < 4.78 is 0. The molecule has 0 atom stereocenters. The van der Waals surface area contributed by atoms with Gasteiger partial charge in [-0.05, 0) is 30.2 Å². The van der Waals surface area contributed by atoms with E-state index in [-0.39, 0.29) is 0 Å². The molecule has 0 aliphatic carbocycles. The molecule has 2 aliphatic rings. The van der Waals surface area contributed by atoms with E-state index in [0.717, 1.165) is 56.9 Å². The Balaban J connectivity index is 1.32. The van der Waals surface area contributed by atoms with Crippen LogP contribution in [-0.2, 0) is 6.42 Å². The summed E-state index contributed by atoms with van der Waals surface area (Å²) in [5.41, 5.74) is 2.59. The Labute approximate surface area is 158 Å². The van der Waals surface area contributed by atoms with Crippen LogP contribution in [0, 0.1) is 0 Å². The predicted octanol–water partition coefficient (Wildman–Crippen LogP) is 2.29. The Kier molecular flexibility index (Phi) is 4.04. The molecular weight excluding hydrogens is 338 g/mol. The lowest BCUT2D eigenvalue weighted by Gasteiger charge is -2.35. The molecule has 1 aromatic carbocycles. The lowest BCUT2D eigenvalue weighted by molar-refractivity contribution is 0.634. The van der Waals surface area contributed by atoms with Crippen LogP contribution in [0.4, 0.5) is 23.4 Å². The Morgan fingerprint density at radius 1 is 0.667 bits per heavy atom. The quantitative estimate of drug-likeness (QED) is 0.711. The highest BCUT2D eigenvalue weighted by Crippen LogP contribution is 2.32. The zero-order valence-electron chi connectivity index (χ0n) is 15.1. The third-order valence-electron chi connectivity index (χ3n) is 5.20. The summed E-state index contributed by atoms with van der Waals surface area (Å²) in [6, 6.07) is 12.3. The lowest BCUT2D eigenvalue weighted by atomic mass is 10.2. The number of para-hydroxylation sites is 1. The second-order valence-electron chi connectivity index (χ2n) is 6.77. The first-order chi connectivity index (χ1) is 13.4. The standard InChI is InChI=1S/C20H21N7/c1-2-5-17-16(4-1)7-11-27(17)20-23-10-6-18(24-20)25-12-14-26(15-13-25)19-21-8-3-9-22-19/h1-6,8-10H,7,11-15H2. The van der Waals surface area contributed by atoms with Crippen molar-refractivity contribution in [3.8, 4) is 0 Å². The van der Waals surface area contributed by atoms with Gasteiger partial charge in [0.1, 0.15) is 5.82 Å². The highest BCUT2D eigenvalue weighted by atomic mass is 15.3. The number of benzene rings is 1. The summed E-state index contributed by atoms with van der Waals surface area (Å²) in [5.74, 6) is 2.57. The van der Waals surface area contributed by atoms with Crippen LogP contribution >= 0.6 is 0 Å². The Bertz CT molecular complexity index is 922. The van der Waals surface area contributed by atoms with Crippen LogP contribution < -0.4 is 14.7 Å². The summed E-state index contributed by atoms with van der Waals surface area (Å²) in [6.45, 7) is 4.49. The van der Waals surface area contributed by atoms with E-state index in [0.29, 0.717) is 0 Å². The van der Waals surface area contributed by atoms with Crippen LogP contribution in [-0.4, -0.2) is 52.7 Å². The SMILES string of the molecule is c1cnc(N2CCN(c3ccnc(N4CCc5ccccc54)n3)CC2)nc1. The van der Waals surface area contributed by atoms with Gasteiger partial charge < -0.3 is 14.7 Å². The minimum Gasteiger partial charge on any atom is -0.353 e. The lowest BCUT2D eigenvalue weighted by Crippen LogP contribution is -2.47. The molecule has 3 aromatic rings. The van der Waals surface area contributed by atoms with Gasteiger partial charge in [-0.2, -0.15) is 4.98 Å². The molecule has 0 spiro atoms. The predicted molar refractivity (Wildman–Crippen MR) is 106 cm³/mol. The van der Waals surface area contributed by atoms with Crippen molar-refractivity contribution in [1.29, 1.82) is 0 Å². The number of hydrogen-bond acceptors (Lipinski definition) is 7. The smallest absolute Gasteiger partial charge is 0.231 e. The molecule has 5 rings (SSSR count). The summed E-state index contributed by atoms with van der Waals surface area (Å²) in [5, 5.41) is 0. The molecule has 4 heterocycles. The topological polar surface area (TPSA) is 61.3 Å². The van der Waals surface area contributed by atoms with Gasteiger partial charge in [0.05, 0.1) is 0 Å². The molecule has 1 fully saturated rings. The van der Waals surface area contributed by atoms with Gasteiger partial charge in [0.25, 0.3) is 0 Å². The van der Waals surface area contributed by atoms with Crippen molar-refractivity contribution in [2.75, 3.05) is 47.4 Å². The van der Waals surface area contributed by atoms with Crippen LogP contribution in [0.15, 0.2) is 55.0 Å². The van der Waals surface area contributed by atoms with Gasteiger partial charge in [-0.25, -0.2) is 15.0 Å². The highest BCUT2D eigenvalue weighted by Gasteiger charge is 2.24. The molecule has 0 N–H and O–H groups in total. The van der Waals surface area contributed by atoms with Crippen molar-refractivity contribution in [2.45, 2.75) is 6.42 Å². The number of rotatable bonds is 3. The van der Waals surface area contributed by atoms with Gasteiger partial charge in [-0.1, -0.05) is 18.2 Å². The van der Waals surface area contributed by atoms with E-state index in [2.05, 4.69) is 53.9 Å². The zero-order chi connectivity index (χ0) is 18.1. The van der Waals surface area contributed by atoms with Crippen molar-refractivity contribution in [1.82, 2.24) is 19.9 Å². The van der Waals surface area contributed by atoms with Crippen LogP contribution in [0.2, 0.25) is 0 Å². The molecule has 2 aliphatic heterocycles. The number of nitrogens with zero attached hydrogens (tertiary/aromatic N) is 7. The molecule has 2 aromatic heterocycles. The largest absolute Gasteiger partial charge is 0.353 e. The summed E-state index contributed by atoms with van der Waals surface area (Å²) in [7, 11) is 0. The van der Waals surface area contributed by atoms with Crippen LogP contribution in [0.3, 0.4) is 0 Å². The van der Waals surface area contributed by atoms with Crippen molar-refractivity contribution < 1.29 is 0 Å². The molecule has 0 saturated carbocycles. The van der Waals surface area contributed by atoms with Crippen molar-refractivity contribution in [2.24, 2.45) is 0 Å². The molecule has 7 heteroatoms. The molecule has 0 radical (unpaired) electrons. The summed E-state index contributed by atoms with van der Waals surface area (Å²) in [4.78, 5) is 24.9. The number of hydrogen-bond donors (Lipinski definition) is 0. The van der Waals surface area contributed by atoms with Gasteiger partial charge in [0, 0.05) is 57.0 Å². The van der Waals surface area contributed by atoms with E-state index < -0.39 is 0 Å². The molecule has 0 unspecified atom stereocenters. The monoisotopic (exact) mass is 359 g/mol. The van der Waals surface area contributed by atoms with E-state index in [9.17, 15) is 0 Å². The highest BCUT2D eigenvalue weighted by molar-refractivity contribution is 5.66. The number of fused-ring (bicyclic) bond motifs is 1. The van der Waals surface area contributed by atoms with Gasteiger partial charge in [0.15, 0.2) is 0 Å². The number of piperazine rings is 1. The average Bonchev–Trinajstić information content (AvgIpc) is 3.19. The second kappa shape index (κ2) is 6.83. The first-order valence-electron chi connectivity index (χ1n) is 9.34. The van der Waals surface area contributed by atoms with Crippen molar-refractivity contribution in [3.05, 3.63) is 60.6 Å². The third kappa shape index (κ3) is 3.05. The fraction of sp³-hybridized carbons (Fsp3) is 0.300. The van der Waals surface area contributed by atoms with Gasteiger partial charge in [-0.3, -0.25) is 0 Å². The van der Waals surface area contributed by atoms with E-state index in [4.69, 9.17) is 4.98 Å². The Morgan fingerprint density at radius 2 is 1.41 bits per heavy atom.